The van der Waals surface area contributed by atoms with Crippen molar-refractivity contribution in [3.8, 4) is 11.3 Å². The van der Waals surface area contributed by atoms with Crippen molar-refractivity contribution in [1.82, 2.24) is 10.3 Å². The molecule has 192 valence electrons. The van der Waals surface area contributed by atoms with E-state index in [0.29, 0.717) is 40.7 Å². The molecule has 1 aliphatic carbocycles. The molecule has 1 amide bonds. The minimum Gasteiger partial charge on any atom is -0.481 e. The van der Waals surface area contributed by atoms with Gasteiger partial charge in [0.2, 0.25) is 15.7 Å². The Labute approximate surface area is 210 Å². The van der Waals surface area contributed by atoms with Crippen LogP contribution in [0.25, 0.3) is 22.4 Å². The summed E-state index contributed by atoms with van der Waals surface area (Å²) in [5, 5.41) is 12.6. The molecule has 0 aliphatic heterocycles. The van der Waals surface area contributed by atoms with E-state index in [1.54, 1.807) is 13.0 Å². The largest absolute Gasteiger partial charge is 0.481 e. The molecule has 1 fully saturated rings. The maximum absolute atomic E-state index is 12.8. The van der Waals surface area contributed by atoms with Crippen LogP contribution in [0.1, 0.15) is 47.2 Å². The number of nitrogens with one attached hydrogen (secondary N) is 1. The number of carbonyl (C=O) groups is 2. The van der Waals surface area contributed by atoms with Crippen LogP contribution >= 0.6 is 0 Å². The van der Waals surface area contributed by atoms with Gasteiger partial charge < -0.3 is 14.8 Å². The van der Waals surface area contributed by atoms with E-state index in [0.717, 1.165) is 24.7 Å². The quantitative estimate of drug-likeness (QED) is 0.463. The molecule has 1 aromatic carbocycles. The van der Waals surface area contributed by atoms with E-state index in [1.165, 1.54) is 11.4 Å². The molecule has 9 nitrogen and oxygen atoms in total. The second-order valence-corrected chi connectivity index (χ2v) is 11.4. The standard InChI is InChI=1S/C26H31N3O6S/c1-15-8-10-18(11-9-15)22-21(24(30)27-3)20-14-16(2)23(28-25(20)35-22)29(36(4,33)34)13-12-17-6-5-7-19(17)26(31)32/h8-11,14,17,19H,5-7,12-13H2,1-4H3,(H,27,30)(H,31,32). The average molecular weight is 514 g/mol. The maximum Gasteiger partial charge on any atom is 0.306 e. The number of benzene rings is 1. The van der Waals surface area contributed by atoms with Gasteiger partial charge in [-0.2, -0.15) is 4.98 Å². The second kappa shape index (κ2) is 9.93. The Bertz CT molecular complexity index is 1410. The minimum absolute atomic E-state index is 0.0904. The van der Waals surface area contributed by atoms with Crippen molar-refractivity contribution < 1.29 is 27.5 Å². The summed E-state index contributed by atoms with van der Waals surface area (Å²) >= 11 is 0. The Hall–Kier alpha value is -3.40. The van der Waals surface area contributed by atoms with E-state index in [2.05, 4.69) is 10.3 Å². The van der Waals surface area contributed by atoms with Crippen LogP contribution in [0, 0.1) is 25.7 Å². The first-order valence-electron chi connectivity index (χ1n) is 11.9. The first kappa shape index (κ1) is 25.7. The Balaban J connectivity index is 1.78. The fraction of sp³-hybridized carbons (Fsp3) is 0.423. The van der Waals surface area contributed by atoms with Gasteiger partial charge in [-0.25, -0.2) is 8.42 Å². The number of carbonyl (C=O) groups excluding carboxylic acids is 1. The third-order valence-corrected chi connectivity index (χ3v) is 8.09. The zero-order valence-electron chi connectivity index (χ0n) is 20.9. The van der Waals surface area contributed by atoms with E-state index >= 15 is 0 Å². The molecule has 36 heavy (non-hydrogen) atoms. The number of furan rings is 1. The van der Waals surface area contributed by atoms with Crippen molar-refractivity contribution in [3.05, 3.63) is 47.0 Å². The number of sulfonamides is 1. The lowest BCUT2D eigenvalue weighted by Gasteiger charge is -2.25. The lowest BCUT2D eigenvalue weighted by molar-refractivity contribution is -0.142. The van der Waals surface area contributed by atoms with Gasteiger partial charge in [-0.15, -0.1) is 0 Å². The molecule has 2 aromatic heterocycles. The summed E-state index contributed by atoms with van der Waals surface area (Å²) in [7, 11) is -2.18. The van der Waals surface area contributed by atoms with Crippen molar-refractivity contribution in [2.24, 2.45) is 11.8 Å². The van der Waals surface area contributed by atoms with Crippen molar-refractivity contribution >= 4 is 38.8 Å². The van der Waals surface area contributed by atoms with E-state index in [4.69, 9.17) is 4.42 Å². The normalized spacial score (nSPS) is 17.9. The molecule has 3 aromatic rings. The number of nitrogens with zero attached hydrogens (tertiary/aromatic N) is 2. The molecule has 0 spiro atoms. The number of hydrogen-bond acceptors (Lipinski definition) is 6. The van der Waals surface area contributed by atoms with Crippen molar-refractivity contribution in [2.75, 3.05) is 24.2 Å². The van der Waals surface area contributed by atoms with E-state index in [9.17, 15) is 23.1 Å². The monoisotopic (exact) mass is 513 g/mol. The van der Waals surface area contributed by atoms with E-state index in [1.807, 2.05) is 31.2 Å². The smallest absolute Gasteiger partial charge is 0.306 e. The third kappa shape index (κ3) is 4.95. The maximum atomic E-state index is 12.8. The van der Waals surface area contributed by atoms with Gasteiger partial charge in [-0.1, -0.05) is 36.2 Å². The van der Waals surface area contributed by atoms with Gasteiger partial charge in [-0.3, -0.25) is 13.9 Å². The highest BCUT2D eigenvalue weighted by Gasteiger charge is 2.34. The highest BCUT2D eigenvalue weighted by Crippen LogP contribution is 2.38. The van der Waals surface area contributed by atoms with Crippen molar-refractivity contribution in [2.45, 2.75) is 39.5 Å². The molecular weight excluding hydrogens is 482 g/mol. The van der Waals surface area contributed by atoms with Gasteiger partial charge in [0.1, 0.15) is 11.6 Å². The summed E-state index contributed by atoms with van der Waals surface area (Å²) in [5.41, 5.74) is 2.82. The van der Waals surface area contributed by atoms with Crippen LogP contribution in [0.3, 0.4) is 0 Å². The number of carboxylic acids is 1. The number of aliphatic carboxylic acids is 1. The summed E-state index contributed by atoms with van der Waals surface area (Å²) in [4.78, 5) is 29.0. The number of pyridine rings is 1. The highest BCUT2D eigenvalue weighted by molar-refractivity contribution is 7.92. The van der Waals surface area contributed by atoms with Crippen LogP contribution < -0.4 is 9.62 Å². The summed E-state index contributed by atoms with van der Waals surface area (Å²) < 4.78 is 32.9. The minimum atomic E-state index is -3.72. The molecule has 1 aliphatic rings. The average Bonchev–Trinajstić information content (AvgIpc) is 3.43. The molecule has 0 saturated heterocycles. The molecule has 10 heteroatoms. The molecular formula is C26H31N3O6S. The Kier molecular flexibility index (Phi) is 7.08. The molecule has 1 saturated carbocycles. The van der Waals surface area contributed by atoms with Gasteiger partial charge in [0, 0.05) is 19.2 Å². The number of aryl methyl sites for hydroxylation is 2. The van der Waals surface area contributed by atoms with Crippen LogP contribution in [0.15, 0.2) is 34.7 Å². The lowest BCUT2D eigenvalue weighted by atomic mass is 9.93. The number of rotatable bonds is 8. The predicted molar refractivity (Wildman–Crippen MR) is 138 cm³/mol. The Morgan fingerprint density at radius 1 is 1.19 bits per heavy atom. The van der Waals surface area contributed by atoms with Crippen molar-refractivity contribution in [3.63, 3.8) is 0 Å². The van der Waals surface area contributed by atoms with Crippen LogP contribution in [-0.4, -0.2) is 50.2 Å². The van der Waals surface area contributed by atoms with Crippen LogP contribution in [-0.2, 0) is 14.8 Å². The molecule has 2 heterocycles. The lowest BCUT2D eigenvalue weighted by Crippen LogP contribution is -2.34. The topological polar surface area (TPSA) is 130 Å². The number of aromatic nitrogens is 1. The number of carboxylic acid groups (broad SMARTS) is 1. The molecule has 4 rings (SSSR count). The van der Waals surface area contributed by atoms with Gasteiger partial charge in [-0.05, 0) is 50.7 Å². The third-order valence-electron chi connectivity index (χ3n) is 6.93. The van der Waals surface area contributed by atoms with E-state index in [-0.39, 0.29) is 29.9 Å². The Morgan fingerprint density at radius 2 is 1.89 bits per heavy atom. The number of amides is 1. The highest BCUT2D eigenvalue weighted by atomic mass is 32.2. The fourth-order valence-electron chi connectivity index (χ4n) is 5.04. The van der Waals surface area contributed by atoms with Crippen LogP contribution in [0.4, 0.5) is 5.82 Å². The summed E-state index contributed by atoms with van der Waals surface area (Å²) in [6.45, 7) is 3.81. The predicted octanol–water partition coefficient (Wildman–Crippen LogP) is 4.13. The number of hydrogen-bond donors (Lipinski definition) is 2. The molecule has 2 unspecified atom stereocenters. The van der Waals surface area contributed by atoms with Gasteiger partial charge in [0.25, 0.3) is 5.91 Å². The van der Waals surface area contributed by atoms with Gasteiger partial charge in [0.05, 0.1) is 23.1 Å². The zero-order chi connectivity index (χ0) is 26.2. The molecule has 2 atom stereocenters. The SMILES string of the molecule is CNC(=O)c1c(-c2ccc(C)cc2)oc2nc(N(CCC3CCCC3C(=O)O)S(C)(=O)=O)c(C)cc12. The fourth-order valence-corrected chi connectivity index (χ4v) is 5.98. The van der Waals surface area contributed by atoms with Gasteiger partial charge in [0.15, 0.2) is 0 Å². The van der Waals surface area contributed by atoms with Crippen LogP contribution in [0.5, 0.6) is 0 Å². The van der Waals surface area contributed by atoms with Gasteiger partial charge >= 0.3 is 5.97 Å². The molecule has 2 N–H and O–H groups in total. The molecule has 0 bridgehead atoms. The summed E-state index contributed by atoms with van der Waals surface area (Å²) in [6.07, 6.45) is 3.71. The van der Waals surface area contributed by atoms with Crippen molar-refractivity contribution in [1.29, 1.82) is 0 Å². The van der Waals surface area contributed by atoms with E-state index < -0.39 is 21.9 Å². The summed E-state index contributed by atoms with van der Waals surface area (Å²) in [5.74, 6) is -1.15. The molecule has 0 radical (unpaired) electrons. The number of anilines is 1. The Morgan fingerprint density at radius 3 is 2.50 bits per heavy atom. The second-order valence-electron chi connectivity index (χ2n) is 9.49. The van der Waals surface area contributed by atoms with Crippen LogP contribution in [0.2, 0.25) is 0 Å². The first-order chi connectivity index (χ1) is 17.0. The first-order valence-corrected chi connectivity index (χ1v) is 13.8. The summed E-state index contributed by atoms with van der Waals surface area (Å²) in [6, 6.07) is 9.27. The number of fused-ring (bicyclic) bond motifs is 1. The zero-order valence-corrected chi connectivity index (χ0v) is 21.7.